The lowest BCUT2D eigenvalue weighted by Gasteiger charge is -2.28. The zero-order valence-corrected chi connectivity index (χ0v) is 12.7. The van der Waals surface area contributed by atoms with E-state index in [1.807, 2.05) is 17.2 Å². The van der Waals surface area contributed by atoms with Crippen molar-refractivity contribution in [1.82, 2.24) is 9.80 Å². The van der Waals surface area contributed by atoms with Crippen molar-refractivity contribution in [3.63, 3.8) is 0 Å². The zero-order valence-electron chi connectivity index (χ0n) is 12.7. The van der Waals surface area contributed by atoms with Crippen LogP contribution in [0.1, 0.15) is 6.92 Å². The number of hydrogen-bond acceptors (Lipinski definition) is 7. The molecule has 2 heterocycles. The molecule has 1 saturated heterocycles. The van der Waals surface area contributed by atoms with Gasteiger partial charge in [-0.15, -0.1) is 0 Å². The summed E-state index contributed by atoms with van der Waals surface area (Å²) in [5, 5.41) is 9.07. The minimum absolute atomic E-state index is 0.0674. The second-order valence-electron chi connectivity index (χ2n) is 4.84. The number of aliphatic imine (C=N–C) groups is 1. The third-order valence-corrected chi connectivity index (χ3v) is 3.39. The van der Waals surface area contributed by atoms with Crippen LogP contribution < -0.4 is 0 Å². The first-order chi connectivity index (χ1) is 10.7. The maximum Gasteiger partial charge on any atom is 0.351 e. The number of hydrogen-bond donors (Lipinski definition) is 0. The van der Waals surface area contributed by atoms with Gasteiger partial charge < -0.3 is 14.4 Å². The van der Waals surface area contributed by atoms with E-state index >= 15 is 0 Å². The van der Waals surface area contributed by atoms with E-state index in [0.29, 0.717) is 5.70 Å². The van der Waals surface area contributed by atoms with Crippen molar-refractivity contribution in [2.24, 2.45) is 4.99 Å². The molecule has 118 valence electrons. The molecule has 0 unspecified atom stereocenters. The van der Waals surface area contributed by atoms with Crippen LogP contribution >= 0.6 is 0 Å². The van der Waals surface area contributed by atoms with Crippen molar-refractivity contribution < 1.29 is 14.3 Å². The van der Waals surface area contributed by atoms with Gasteiger partial charge in [0.15, 0.2) is 5.57 Å². The largest absolute Gasteiger partial charge is 0.462 e. The molecule has 0 N–H and O–H groups in total. The van der Waals surface area contributed by atoms with Gasteiger partial charge in [-0.25, -0.2) is 9.79 Å². The summed E-state index contributed by atoms with van der Waals surface area (Å²) in [4.78, 5) is 20.1. The molecule has 0 atom stereocenters. The van der Waals surface area contributed by atoms with Crippen LogP contribution in [0.15, 0.2) is 28.5 Å². The molecule has 0 aromatic carbocycles. The molecule has 2 rings (SSSR count). The summed E-state index contributed by atoms with van der Waals surface area (Å²) >= 11 is 0. The summed E-state index contributed by atoms with van der Waals surface area (Å²) in [5.41, 5.74) is 0.269. The van der Waals surface area contributed by atoms with Crippen LogP contribution in [0.5, 0.6) is 0 Å². The van der Waals surface area contributed by atoms with Gasteiger partial charge in [0.05, 0.1) is 31.9 Å². The molecular weight excluding hydrogens is 284 g/mol. The van der Waals surface area contributed by atoms with Crippen LogP contribution in [-0.2, 0) is 14.3 Å². The highest BCUT2D eigenvalue weighted by Gasteiger charge is 2.17. The molecule has 2 aliphatic heterocycles. The van der Waals surface area contributed by atoms with Crippen molar-refractivity contribution in [3.05, 3.63) is 23.5 Å². The predicted molar refractivity (Wildman–Crippen MR) is 80.9 cm³/mol. The van der Waals surface area contributed by atoms with Crippen molar-refractivity contribution >= 4 is 12.3 Å². The van der Waals surface area contributed by atoms with Crippen molar-refractivity contribution in [1.29, 1.82) is 5.26 Å². The molecule has 2 aliphatic rings. The number of nitriles is 1. The first kappa shape index (κ1) is 16.2. The lowest BCUT2D eigenvalue weighted by atomic mass is 10.2. The second-order valence-corrected chi connectivity index (χ2v) is 4.84. The summed E-state index contributed by atoms with van der Waals surface area (Å²) < 4.78 is 10.2. The summed E-state index contributed by atoms with van der Waals surface area (Å²) in [6, 6.07) is 1.85. The molecule has 0 radical (unpaired) electrons. The Morgan fingerprint density at radius 3 is 2.82 bits per heavy atom. The van der Waals surface area contributed by atoms with Crippen molar-refractivity contribution in [3.8, 4) is 6.07 Å². The number of esters is 1. The number of carbonyl (C=O) groups excluding carboxylic acids is 1. The molecule has 7 nitrogen and oxygen atoms in total. The van der Waals surface area contributed by atoms with Crippen LogP contribution in [0, 0.1) is 11.3 Å². The highest BCUT2D eigenvalue weighted by Crippen LogP contribution is 2.13. The second kappa shape index (κ2) is 8.32. The Hall–Kier alpha value is -2.17. The molecule has 22 heavy (non-hydrogen) atoms. The molecule has 0 spiro atoms. The van der Waals surface area contributed by atoms with Crippen LogP contribution in [0.25, 0.3) is 0 Å². The molecule has 0 aromatic heterocycles. The van der Waals surface area contributed by atoms with Gasteiger partial charge in [0.1, 0.15) is 6.07 Å². The summed E-state index contributed by atoms with van der Waals surface area (Å²) in [6.45, 7) is 7.10. The van der Waals surface area contributed by atoms with Gasteiger partial charge in [0.2, 0.25) is 0 Å². The fraction of sp³-hybridized carbons (Fsp3) is 0.533. The molecular formula is C15H20N4O3. The SMILES string of the molecule is CCOC(=O)/C(C#N)=C1/C=CN(CCN2CCOCC2)C=N1. The Morgan fingerprint density at radius 2 is 2.23 bits per heavy atom. The summed E-state index contributed by atoms with van der Waals surface area (Å²) in [5.74, 6) is -0.636. The van der Waals surface area contributed by atoms with Crippen molar-refractivity contribution in [2.75, 3.05) is 46.0 Å². The molecule has 0 bridgehead atoms. The third-order valence-electron chi connectivity index (χ3n) is 3.39. The van der Waals surface area contributed by atoms with E-state index in [-0.39, 0.29) is 12.2 Å². The van der Waals surface area contributed by atoms with Crippen LogP contribution in [0.2, 0.25) is 0 Å². The number of allylic oxidation sites excluding steroid dienone is 1. The van der Waals surface area contributed by atoms with Crippen LogP contribution in [-0.4, -0.2) is 68.1 Å². The Balaban J connectivity index is 1.90. The maximum atomic E-state index is 11.6. The molecule has 0 aromatic rings. The van der Waals surface area contributed by atoms with Gasteiger partial charge in [-0.3, -0.25) is 4.90 Å². The quantitative estimate of drug-likeness (QED) is 0.418. The van der Waals surface area contributed by atoms with Gasteiger partial charge >= 0.3 is 5.97 Å². The van der Waals surface area contributed by atoms with E-state index in [1.54, 1.807) is 19.3 Å². The lowest BCUT2D eigenvalue weighted by molar-refractivity contribution is -0.138. The number of ether oxygens (including phenoxy) is 2. The number of nitrogens with zero attached hydrogens (tertiary/aromatic N) is 4. The van der Waals surface area contributed by atoms with E-state index in [0.717, 1.165) is 39.4 Å². The van der Waals surface area contributed by atoms with Crippen molar-refractivity contribution in [2.45, 2.75) is 6.92 Å². The predicted octanol–water partition coefficient (Wildman–Crippen LogP) is 0.517. The molecule has 0 aliphatic carbocycles. The van der Waals surface area contributed by atoms with Gasteiger partial charge in [-0.2, -0.15) is 5.26 Å². The first-order valence-corrected chi connectivity index (χ1v) is 7.34. The smallest absolute Gasteiger partial charge is 0.351 e. The van der Waals surface area contributed by atoms with Crippen LogP contribution in [0.3, 0.4) is 0 Å². The topological polar surface area (TPSA) is 78.2 Å². The van der Waals surface area contributed by atoms with E-state index in [4.69, 9.17) is 14.7 Å². The van der Waals surface area contributed by atoms with Gasteiger partial charge in [0, 0.05) is 32.4 Å². The Kier molecular flexibility index (Phi) is 6.13. The zero-order chi connectivity index (χ0) is 15.8. The van der Waals surface area contributed by atoms with Crippen LogP contribution in [0.4, 0.5) is 0 Å². The monoisotopic (exact) mass is 304 g/mol. The normalized spacial score (nSPS) is 20.6. The fourth-order valence-corrected chi connectivity index (χ4v) is 2.16. The minimum atomic E-state index is -0.636. The Labute approximate surface area is 130 Å². The minimum Gasteiger partial charge on any atom is -0.462 e. The average molecular weight is 304 g/mol. The lowest BCUT2D eigenvalue weighted by Crippen LogP contribution is -2.40. The van der Waals surface area contributed by atoms with Gasteiger partial charge in [-0.05, 0) is 13.0 Å². The summed E-state index contributed by atoms with van der Waals surface area (Å²) in [7, 11) is 0. The third kappa shape index (κ3) is 4.41. The number of morpholine rings is 1. The Bertz CT molecular complexity index is 511. The highest BCUT2D eigenvalue weighted by atomic mass is 16.5. The molecule has 0 saturated carbocycles. The van der Waals surface area contributed by atoms with E-state index in [2.05, 4.69) is 9.89 Å². The Morgan fingerprint density at radius 1 is 1.45 bits per heavy atom. The fourth-order valence-electron chi connectivity index (χ4n) is 2.16. The molecule has 7 heteroatoms. The summed E-state index contributed by atoms with van der Waals surface area (Å²) in [6.07, 6.45) is 5.11. The van der Waals surface area contributed by atoms with E-state index in [1.165, 1.54) is 0 Å². The number of rotatable bonds is 5. The molecule has 1 fully saturated rings. The van der Waals surface area contributed by atoms with Gasteiger partial charge in [-0.1, -0.05) is 0 Å². The number of carbonyl (C=O) groups is 1. The molecule has 0 amide bonds. The maximum absolute atomic E-state index is 11.6. The first-order valence-electron chi connectivity index (χ1n) is 7.34. The standard InChI is InChI=1S/C15H20N4O3/c1-2-22-15(20)13(11-16)14-3-4-19(12-17-14)6-5-18-7-9-21-10-8-18/h3-4,12H,2,5-10H2,1H3/b14-13-. The highest BCUT2D eigenvalue weighted by molar-refractivity contribution is 5.94. The van der Waals surface area contributed by atoms with E-state index in [9.17, 15) is 4.79 Å². The van der Waals surface area contributed by atoms with E-state index < -0.39 is 5.97 Å². The average Bonchev–Trinajstić information content (AvgIpc) is 2.56. The van der Waals surface area contributed by atoms with Gasteiger partial charge in [0.25, 0.3) is 0 Å².